The van der Waals surface area contributed by atoms with Crippen LogP contribution >= 0.6 is 45.2 Å². The van der Waals surface area contributed by atoms with Gasteiger partial charge >= 0.3 is 0 Å². The molecule has 66 valence electrons. The molecule has 0 bridgehead atoms. The van der Waals surface area contributed by atoms with Crippen molar-refractivity contribution in [2.24, 2.45) is 0 Å². The zero-order valence-corrected chi connectivity index (χ0v) is 11.6. The third-order valence-corrected chi connectivity index (χ3v) is 4.64. The van der Waals surface area contributed by atoms with Crippen molar-refractivity contribution >= 4 is 45.2 Å². The van der Waals surface area contributed by atoms with Crippen LogP contribution in [0, 0.1) is 0 Å². The van der Waals surface area contributed by atoms with E-state index in [1.54, 1.807) is 0 Å². The summed E-state index contributed by atoms with van der Waals surface area (Å²) in [6.07, 6.45) is 0. The molecule has 0 aromatic rings. The lowest BCUT2D eigenvalue weighted by Crippen LogP contribution is -2.25. The van der Waals surface area contributed by atoms with Crippen LogP contribution in [0.25, 0.3) is 0 Å². The van der Waals surface area contributed by atoms with E-state index in [2.05, 4.69) is 83.2 Å². The zero-order valence-electron chi connectivity index (χ0n) is 7.31. The summed E-state index contributed by atoms with van der Waals surface area (Å²) in [6, 6.07) is 1.41. The number of halogens is 2. The van der Waals surface area contributed by atoms with Gasteiger partial charge in [-0.1, -0.05) is 45.2 Å². The van der Waals surface area contributed by atoms with Crippen molar-refractivity contribution in [3.8, 4) is 0 Å². The molecular weight excluding hydrogens is 366 g/mol. The second kappa shape index (κ2) is 3.26. The van der Waals surface area contributed by atoms with Crippen LogP contribution in [0.15, 0.2) is 0 Å². The molecule has 1 rings (SSSR count). The molecule has 2 unspecified atom stereocenters. The van der Waals surface area contributed by atoms with Crippen LogP contribution in [0.5, 0.6) is 0 Å². The van der Waals surface area contributed by atoms with Gasteiger partial charge in [0.2, 0.25) is 0 Å². The number of likely N-dealkylation sites (N-methyl/N-ethyl adjacent to an activating group) is 2. The van der Waals surface area contributed by atoms with Gasteiger partial charge in [0.1, 0.15) is 1.43 Å². The molecule has 4 heteroatoms. The smallest absolute Gasteiger partial charge is 0.107 e. The van der Waals surface area contributed by atoms with E-state index in [1.165, 1.54) is 0 Å². The average molecular weight is 380 g/mol. The normalized spacial score (nSPS) is 34.9. The lowest BCUT2D eigenvalue weighted by atomic mass is 10.5. The molecule has 0 amide bonds. The second-order valence-electron chi connectivity index (χ2n) is 3.49. The lowest BCUT2D eigenvalue weighted by Gasteiger charge is -2.11. The predicted molar refractivity (Wildman–Crippen MR) is 65.7 cm³/mol. The summed E-state index contributed by atoms with van der Waals surface area (Å²) in [7, 11) is 8.61. The average Bonchev–Trinajstić information content (AvgIpc) is 2.33. The van der Waals surface area contributed by atoms with Crippen LogP contribution in [-0.2, 0) is 0 Å². The van der Waals surface area contributed by atoms with Crippen LogP contribution in [0.3, 0.4) is 0 Å². The molecule has 0 N–H and O–H groups in total. The van der Waals surface area contributed by atoms with Crippen LogP contribution in [0.4, 0.5) is 0 Å². The zero-order chi connectivity index (χ0) is 8.81. The Balaban J connectivity index is 2.61. The minimum Gasteiger partial charge on any atom is -0.303 e. The van der Waals surface area contributed by atoms with E-state index < -0.39 is 0 Å². The van der Waals surface area contributed by atoms with Crippen molar-refractivity contribution in [2.75, 3.05) is 28.2 Å². The Bertz CT molecular complexity index is 141. The molecule has 0 spiro atoms. The summed E-state index contributed by atoms with van der Waals surface area (Å²) >= 11 is 5.09. The van der Waals surface area contributed by atoms with Gasteiger partial charge in [0.05, 0.1) is 12.1 Å². The molecule has 1 saturated carbocycles. The maximum Gasteiger partial charge on any atom is 0.107 e. The lowest BCUT2D eigenvalue weighted by molar-refractivity contribution is 0.315. The highest BCUT2D eigenvalue weighted by Gasteiger charge is 2.64. The first-order valence-corrected chi connectivity index (χ1v) is 5.75. The highest BCUT2D eigenvalue weighted by molar-refractivity contribution is 14.2. The fourth-order valence-corrected chi connectivity index (χ4v) is 4.78. The summed E-state index contributed by atoms with van der Waals surface area (Å²) in [5.74, 6) is 0. The first-order chi connectivity index (χ1) is 4.89. The number of hydrogen-bond donors (Lipinski definition) is 0. The molecular formula is C7H14I2N2. The maximum atomic E-state index is 2.55. The predicted octanol–water partition coefficient (Wildman–Crippen LogP) is 1.43. The molecule has 1 fully saturated rings. The minimum atomic E-state index is 0.419. The Hall–Kier alpha value is 1.38. The summed E-state index contributed by atoms with van der Waals surface area (Å²) < 4.78 is 0.419. The largest absolute Gasteiger partial charge is 0.303 e. The van der Waals surface area contributed by atoms with Gasteiger partial charge in [0, 0.05) is 0 Å². The van der Waals surface area contributed by atoms with Crippen molar-refractivity contribution in [2.45, 2.75) is 13.5 Å². The standard InChI is InChI=1S/C7H14I2N2/c1-10(2)5-6(11(3)4)7(5,8)9/h5-6H,1-4H3. The molecule has 1 aliphatic carbocycles. The topological polar surface area (TPSA) is 6.48 Å². The molecule has 1 aliphatic rings. The van der Waals surface area contributed by atoms with Crippen LogP contribution in [0.2, 0.25) is 0 Å². The Morgan fingerprint density at radius 3 is 1.27 bits per heavy atom. The van der Waals surface area contributed by atoms with Crippen LogP contribution < -0.4 is 0 Å². The Morgan fingerprint density at radius 1 is 0.909 bits per heavy atom. The van der Waals surface area contributed by atoms with Crippen molar-refractivity contribution in [1.82, 2.24) is 9.80 Å². The SMILES string of the molecule is CN(C)C1C(N(C)C)C1(I)I. The monoisotopic (exact) mass is 380 g/mol. The Morgan fingerprint density at radius 2 is 1.18 bits per heavy atom. The fraction of sp³-hybridized carbons (Fsp3) is 1.00. The third kappa shape index (κ3) is 1.83. The van der Waals surface area contributed by atoms with Crippen molar-refractivity contribution in [1.29, 1.82) is 0 Å². The summed E-state index contributed by atoms with van der Waals surface area (Å²) in [5.41, 5.74) is 0. The van der Waals surface area contributed by atoms with Gasteiger partial charge in [-0.2, -0.15) is 0 Å². The van der Waals surface area contributed by atoms with E-state index in [4.69, 9.17) is 0 Å². The van der Waals surface area contributed by atoms with E-state index >= 15 is 0 Å². The van der Waals surface area contributed by atoms with Gasteiger partial charge in [-0.15, -0.1) is 0 Å². The van der Waals surface area contributed by atoms with Crippen LogP contribution in [0.1, 0.15) is 0 Å². The number of alkyl halides is 2. The molecule has 2 atom stereocenters. The van der Waals surface area contributed by atoms with Gasteiger partial charge in [-0.3, -0.25) is 0 Å². The van der Waals surface area contributed by atoms with Crippen molar-refractivity contribution in [3.63, 3.8) is 0 Å². The fourth-order valence-electron chi connectivity index (χ4n) is 1.55. The summed E-state index contributed by atoms with van der Waals surface area (Å²) in [4.78, 5) is 4.62. The van der Waals surface area contributed by atoms with E-state index in [0.717, 1.165) is 0 Å². The number of rotatable bonds is 2. The van der Waals surface area contributed by atoms with Gasteiger partial charge in [-0.25, -0.2) is 0 Å². The molecule has 0 radical (unpaired) electrons. The van der Waals surface area contributed by atoms with Gasteiger partial charge in [0.15, 0.2) is 0 Å². The van der Waals surface area contributed by atoms with Gasteiger partial charge < -0.3 is 9.80 Å². The van der Waals surface area contributed by atoms with Gasteiger partial charge in [-0.05, 0) is 28.2 Å². The van der Waals surface area contributed by atoms with Gasteiger partial charge in [0.25, 0.3) is 0 Å². The molecule has 0 aromatic heterocycles. The molecule has 0 saturated heterocycles. The number of nitrogens with zero attached hydrogens (tertiary/aromatic N) is 2. The van der Waals surface area contributed by atoms with Crippen molar-refractivity contribution < 1.29 is 0 Å². The summed E-state index contributed by atoms with van der Waals surface area (Å²) in [5, 5.41) is 0. The molecule has 0 aliphatic heterocycles. The van der Waals surface area contributed by atoms with Crippen LogP contribution in [-0.4, -0.2) is 51.5 Å². The second-order valence-corrected chi connectivity index (χ2v) is 9.13. The van der Waals surface area contributed by atoms with Crippen molar-refractivity contribution in [3.05, 3.63) is 0 Å². The molecule has 0 aromatic carbocycles. The molecule has 2 nitrogen and oxygen atoms in total. The highest BCUT2D eigenvalue weighted by Crippen LogP contribution is 2.55. The molecule has 0 heterocycles. The Kier molecular flexibility index (Phi) is 3.10. The van der Waals surface area contributed by atoms with E-state index in [-0.39, 0.29) is 0 Å². The maximum absolute atomic E-state index is 2.55. The number of hydrogen-bond acceptors (Lipinski definition) is 2. The quantitative estimate of drug-likeness (QED) is 0.529. The third-order valence-electron chi connectivity index (χ3n) is 2.09. The van der Waals surface area contributed by atoms with E-state index in [0.29, 0.717) is 13.5 Å². The first-order valence-electron chi connectivity index (χ1n) is 3.59. The first kappa shape index (κ1) is 10.5. The minimum absolute atomic E-state index is 0.419. The molecule has 11 heavy (non-hydrogen) atoms. The van der Waals surface area contributed by atoms with E-state index in [1.807, 2.05) is 0 Å². The van der Waals surface area contributed by atoms with E-state index in [9.17, 15) is 0 Å². The highest BCUT2D eigenvalue weighted by atomic mass is 127. The Labute approximate surface area is 96.0 Å². The summed E-state index contributed by atoms with van der Waals surface area (Å²) in [6.45, 7) is 0.